The number of hydrogen-bond acceptors (Lipinski definition) is 2. The van der Waals surface area contributed by atoms with E-state index in [1.807, 2.05) is 43.3 Å². The van der Waals surface area contributed by atoms with Crippen molar-refractivity contribution in [2.75, 3.05) is 0 Å². The Labute approximate surface area is 135 Å². The molecular weight excluding hydrogens is 298 g/mol. The second-order valence-electron chi connectivity index (χ2n) is 5.60. The minimum Gasteiger partial charge on any atom is -0.476 e. The lowest BCUT2D eigenvalue weighted by Crippen LogP contribution is -2.34. The van der Waals surface area contributed by atoms with Crippen LogP contribution in [0.3, 0.4) is 0 Å². The van der Waals surface area contributed by atoms with Crippen LogP contribution >= 0.6 is 11.6 Å². The third-order valence-corrected chi connectivity index (χ3v) is 3.88. The standard InChI is InChI=1S/C18H18ClNO2/c1-12-11-14(19)7-10-16(12)22-17(13-5-3-2-4-6-13)18(21)20-15-8-9-15/h2-7,10-11,15,17H,8-9H2,1H3,(H,20,21)/t17-/m1/s1. The number of benzene rings is 2. The Morgan fingerprint density at radius 3 is 2.59 bits per heavy atom. The van der Waals surface area contributed by atoms with Crippen LogP contribution in [0.5, 0.6) is 5.75 Å². The maximum Gasteiger partial charge on any atom is 0.266 e. The van der Waals surface area contributed by atoms with Gasteiger partial charge in [-0.05, 0) is 43.5 Å². The van der Waals surface area contributed by atoms with Gasteiger partial charge in [0.2, 0.25) is 6.10 Å². The number of hydrogen-bond donors (Lipinski definition) is 1. The van der Waals surface area contributed by atoms with Crippen molar-refractivity contribution in [1.29, 1.82) is 0 Å². The lowest BCUT2D eigenvalue weighted by molar-refractivity contribution is -0.128. The van der Waals surface area contributed by atoms with Crippen molar-refractivity contribution >= 4 is 17.5 Å². The minimum absolute atomic E-state index is 0.0944. The van der Waals surface area contributed by atoms with Crippen LogP contribution in [0.1, 0.15) is 30.1 Å². The van der Waals surface area contributed by atoms with Gasteiger partial charge in [0, 0.05) is 16.6 Å². The van der Waals surface area contributed by atoms with E-state index in [1.165, 1.54) is 0 Å². The van der Waals surface area contributed by atoms with Crippen molar-refractivity contribution in [3.05, 3.63) is 64.7 Å². The molecule has 3 nitrogen and oxygen atoms in total. The lowest BCUT2D eigenvalue weighted by Gasteiger charge is -2.20. The van der Waals surface area contributed by atoms with Crippen LogP contribution in [0.2, 0.25) is 5.02 Å². The summed E-state index contributed by atoms with van der Waals surface area (Å²) in [6.45, 7) is 1.92. The van der Waals surface area contributed by atoms with E-state index < -0.39 is 6.10 Å². The first-order valence-electron chi connectivity index (χ1n) is 7.41. The molecule has 0 radical (unpaired) electrons. The summed E-state index contributed by atoms with van der Waals surface area (Å²) in [6, 6.07) is 15.3. The first-order chi connectivity index (χ1) is 10.6. The maximum atomic E-state index is 12.5. The van der Waals surface area contributed by atoms with Gasteiger partial charge in [-0.1, -0.05) is 41.9 Å². The van der Waals surface area contributed by atoms with E-state index in [0.717, 1.165) is 24.0 Å². The third kappa shape index (κ3) is 3.60. The molecule has 2 aromatic carbocycles. The zero-order valence-corrected chi connectivity index (χ0v) is 13.1. The van der Waals surface area contributed by atoms with Crippen molar-refractivity contribution in [1.82, 2.24) is 5.32 Å². The molecule has 0 unspecified atom stereocenters. The molecule has 1 amide bonds. The molecule has 1 N–H and O–H groups in total. The highest BCUT2D eigenvalue weighted by molar-refractivity contribution is 6.30. The number of carbonyl (C=O) groups excluding carboxylic acids is 1. The highest BCUT2D eigenvalue weighted by atomic mass is 35.5. The summed E-state index contributed by atoms with van der Waals surface area (Å²) in [4.78, 5) is 12.5. The first-order valence-corrected chi connectivity index (χ1v) is 7.79. The number of halogens is 1. The van der Waals surface area contributed by atoms with Crippen molar-refractivity contribution < 1.29 is 9.53 Å². The van der Waals surface area contributed by atoms with E-state index in [4.69, 9.17) is 16.3 Å². The molecule has 0 aromatic heterocycles. The molecule has 0 saturated heterocycles. The van der Waals surface area contributed by atoms with Gasteiger partial charge >= 0.3 is 0 Å². The van der Waals surface area contributed by atoms with Gasteiger partial charge in [-0.15, -0.1) is 0 Å². The van der Waals surface area contributed by atoms with E-state index in [1.54, 1.807) is 12.1 Å². The molecule has 22 heavy (non-hydrogen) atoms. The molecular formula is C18H18ClNO2. The maximum absolute atomic E-state index is 12.5. The average Bonchev–Trinajstić information content (AvgIpc) is 3.31. The van der Waals surface area contributed by atoms with Crippen LogP contribution in [0.15, 0.2) is 48.5 Å². The number of carbonyl (C=O) groups is 1. The monoisotopic (exact) mass is 315 g/mol. The molecule has 2 aromatic rings. The van der Waals surface area contributed by atoms with Crippen molar-refractivity contribution in [2.45, 2.75) is 31.9 Å². The second-order valence-corrected chi connectivity index (χ2v) is 6.04. The largest absolute Gasteiger partial charge is 0.476 e. The summed E-state index contributed by atoms with van der Waals surface area (Å²) >= 11 is 5.98. The van der Waals surface area contributed by atoms with Gasteiger partial charge in [0.05, 0.1) is 0 Å². The van der Waals surface area contributed by atoms with E-state index in [0.29, 0.717) is 16.8 Å². The highest BCUT2D eigenvalue weighted by Gasteiger charge is 2.29. The van der Waals surface area contributed by atoms with Crippen LogP contribution in [0.4, 0.5) is 0 Å². The first kappa shape index (κ1) is 14.9. The van der Waals surface area contributed by atoms with Crippen LogP contribution in [-0.2, 0) is 4.79 Å². The Morgan fingerprint density at radius 1 is 1.23 bits per heavy atom. The van der Waals surface area contributed by atoms with Gasteiger partial charge in [0.25, 0.3) is 5.91 Å². The number of ether oxygens (including phenoxy) is 1. The van der Waals surface area contributed by atoms with E-state index in [2.05, 4.69) is 5.32 Å². The molecule has 1 fully saturated rings. The fraction of sp³-hybridized carbons (Fsp3) is 0.278. The molecule has 0 aliphatic heterocycles. The van der Waals surface area contributed by atoms with Crippen molar-refractivity contribution in [3.8, 4) is 5.75 Å². The zero-order valence-electron chi connectivity index (χ0n) is 12.4. The topological polar surface area (TPSA) is 38.3 Å². The SMILES string of the molecule is Cc1cc(Cl)ccc1O[C@@H](C(=O)NC1CC1)c1ccccc1. The number of aryl methyl sites for hydroxylation is 1. The number of rotatable bonds is 5. The summed E-state index contributed by atoms with van der Waals surface area (Å²) in [5, 5.41) is 3.67. The summed E-state index contributed by atoms with van der Waals surface area (Å²) < 4.78 is 6.01. The van der Waals surface area contributed by atoms with Crippen molar-refractivity contribution in [3.63, 3.8) is 0 Å². The summed E-state index contributed by atoms with van der Waals surface area (Å²) in [7, 11) is 0. The van der Waals surface area contributed by atoms with Gasteiger partial charge in [0.15, 0.2) is 0 Å². The third-order valence-electron chi connectivity index (χ3n) is 3.65. The molecule has 114 valence electrons. The highest BCUT2D eigenvalue weighted by Crippen LogP contribution is 2.28. The Balaban J connectivity index is 1.85. The lowest BCUT2D eigenvalue weighted by atomic mass is 10.1. The normalized spacial score (nSPS) is 15.2. The number of amides is 1. The van der Waals surface area contributed by atoms with Crippen LogP contribution < -0.4 is 10.1 Å². The second kappa shape index (κ2) is 6.41. The van der Waals surface area contributed by atoms with E-state index >= 15 is 0 Å². The summed E-state index contributed by atoms with van der Waals surface area (Å²) in [6.07, 6.45) is 1.45. The molecule has 1 saturated carbocycles. The molecule has 0 bridgehead atoms. The molecule has 1 aliphatic carbocycles. The predicted octanol–water partition coefficient (Wildman–Crippen LogP) is 4.05. The molecule has 4 heteroatoms. The van der Waals surface area contributed by atoms with Gasteiger partial charge < -0.3 is 10.1 Å². The quantitative estimate of drug-likeness (QED) is 0.904. The minimum atomic E-state index is -0.651. The van der Waals surface area contributed by atoms with E-state index in [-0.39, 0.29) is 5.91 Å². The van der Waals surface area contributed by atoms with E-state index in [9.17, 15) is 4.79 Å². The summed E-state index contributed by atoms with van der Waals surface area (Å²) in [5.74, 6) is 0.576. The van der Waals surface area contributed by atoms with Crippen LogP contribution in [0.25, 0.3) is 0 Å². The summed E-state index contributed by atoms with van der Waals surface area (Å²) in [5.41, 5.74) is 1.75. The Bertz CT molecular complexity index is 668. The molecule has 1 aliphatic rings. The zero-order chi connectivity index (χ0) is 15.5. The molecule has 1 atom stereocenters. The average molecular weight is 316 g/mol. The van der Waals surface area contributed by atoms with Gasteiger partial charge in [0.1, 0.15) is 5.75 Å². The Kier molecular flexibility index (Phi) is 4.34. The molecule has 3 rings (SSSR count). The number of nitrogens with one attached hydrogen (secondary N) is 1. The van der Waals surface area contributed by atoms with Gasteiger partial charge in [-0.3, -0.25) is 4.79 Å². The Morgan fingerprint density at radius 2 is 1.95 bits per heavy atom. The fourth-order valence-electron chi connectivity index (χ4n) is 2.28. The van der Waals surface area contributed by atoms with Crippen LogP contribution in [-0.4, -0.2) is 11.9 Å². The fourth-order valence-corrected chi connectivity index (χ4v) is 2.50. The predicted molar refractivity (Wildman–Crippen MR) is 87.2 cm³/mol. The van der Waals surface area contributed by atoms with Gasteiger partial charge in [-0.25, -0.2) is 0 Å². The van der Waals surface area contributed by atoms with Crippen LogP contribution in [0, 0.1) is 6.92 Å². The Hall–Kier alpha value is -2.00. The van der Waals surface area contributed by atoms with Gasteiger partial charge in [-0.2, -0.15) is 0 Å². The molecule has 0 heterocycles. The molecule has 0 spiro atoms. The smallest absolute Gasteiger partial charge is 0.266 e. The van der Waals surface area contributed by atoms with Crippen molar-refractivity contribution in [2.24, 2.45) is 0 Å².